The van der Waals surface area contributed by atoms with Crippen molar-refractivity contribution in [2.24, 2.45) is 0 Å². The Morgan fingerprint density at radius 2 is 1.74 bits per heavy atom. The van der Waals surface area contributed by atoms with Crippen LogP contribution in [-0.4, -0.2) is 57.8 Å². The molecular formula is C25H29N5O4. The lowest BCUT2D eigenvalue weighted by Gasteiger charge is -2.18. The number of nitrogens with zero attached hydrogens (tertiary/aromatic N) is 3. The molecule has 3 N–H and O–H groups in total. The number of nitrogens with one attached hydrogen (secondary N) is 2. The molecule has 0 radical (unpaired) electrons. The molecule has 178 valence electrons. The standard InChI is InChI=1S/C25H29N5O4/c1-4-29(5-2)14-13-26-24(33)18-9-11-19(12-10-18)27-25(34)23-21(31)16-22(32)30(28-23)20-8-6-7-17(3)15-20/h6-12,15-16,31H,4-5,13-14H2,1-3H3,(H,26,33)(H,27,34). The molecule has 2 amide bonds. The first-order chi connectivity index (χ1) is 16.3. The quantitative estimate of drug-likeness (QED) is 0.449. The number of likely N-dealkylation sites (N-methyl/N-ethyl adjacent to an activating group) is 1. The smallest absolute Gasteiger partial charge is 0.279 e. The number of hydrogen-bond donors (Lipinski definition) is 3. The molecule has 3 rings (SSSR count). The zero-order valence-corrected chi connectivity index (χ0v) is 19.5. The number of rotatable bonds is 9. The van der Waals surface area contributed by atoms with Crippen LogP contribution in [0.25, 0.3) is 5.69 Å². The summed E-state index contributed by atoms with van der Waals surface area (Å²) in [4.78, 5) is 39.6. The van der Waals surface area contributed by atoms with Crippen LogP contribution in [0.1, 0.15) is 40.3 Å². The molecular weight excluding hydrogens is 434 g/mol. The minimum atomic E-state index is -0.685. The van der Waals surface area contributed by atoms with Crippen molar-refractivity contribution in [2.75, 3.05) is 31.5 Å². The van der Waals surface area contributed by atoms with Crippen LogP contribution in [0.15, 0.2) is 59.4 Å². The second-order valence-electron chi connectivity index (χ2n) is 7.78. The van der Waals surface area contributed by atoms with Gasteiger partial charge in [-0.15, -0.1) is 0 Å². The summed E-state index contributed by atoms with van der Waals surface area (Å²) in [5, 5.41) is 19.7. The van der Waals surface area contributed by atoms with Gasteiger partial charge in [-0.25, -0.2) is 0 Å². The third-order valence-corrected chi connectivity index (χ3v) is 5.39. The summed E-state index contributed by atoms with van der Waals surface area (Å²) in [6.07, 6.45) is 0. The van der Waals surface area contributed by atoms with Crippen LogP contribution in [-0.2, 0) is 0 Å². The molecule has 0 aliphatic heterocycles. The van der Waals surface area contributed by atoms with Crippen LogP contribution in [0.3, 0.4) is 0 Å². The van der Waals surface area contributed by atoms with Crippen molar-refractivity contribution in [3.8, 4) is 11.4 Å². The van der Waals surface area contributed by atoms with Crippen LogP contribution in [0.5, 0.6) is 5.75 Å². The van der Waals surface area contributed by atoms with E-state index < -0.39 is 17.2 Å². The Kier molecular flexibility index (Phi) is 8.15. The number of aromatic hydroxyl groups is 1. The average molecular weight is 464 g/mol. The fraction of sp³-hybridized carbons (Fsp3) is 0.280. The monoisotopic (exact) mass is 463 g/mol. The molecule has 0 unspecified atom stereocenters. The zero-order chi connectivity index (χ0) is 24.7. The maximum absolute atomic E-state index is 12.7. The van der Waals surface area contributed by atoms with E-state index >= 15 is 0 Å². The van der Waals surface area contributed by atoms with Gasteiger partial charge in [0.2, 0.25) is 0 Å². The Balaban J connectivity index is 1.69. The second-order valence-corrected chi connectivity index (χ2v) is 7.78. The Labute approximate surface area is 198 Å². The molecule has 0 aliphatic rings. The maximum Gasteiger partial charge on any atom is 0.279 e. The number of aromatic nitrogens is 2. The molecule has 9 nitrogen and oxygen atoms in total. The highest BCUT2D eigenvalue weighted by molar-refractivity contribution is 6.04. The van der Waals surface area contributed by atoms with Crippen molar-refractivity contribution in [3.63, 3.8) is 0 Å². The average Bonchev–Trinajstić information content (AvgIpc) is 2.82. The fourth-order valence-electron chi connectivity index (χ4n) is 3.42. The Hall–Kier alpha value is -3.98. The lowest BCUT2D eigenvalue weighted by Crippen LogP contribution is -2.34. The first kappa shape index (κ1) is 24.7. The van der Waals surface area contributed by atoms with Crippen LogP contribution >= 0.6 is 0 Å². The maximum atomic E-state index is 12.7. The van der Waals surface area contributed by atoms with Gasteiger partial charge in [0.05, 0.1) is 5.69 Å². The molecule has 1 aromatic heterocycles. The van der Waals surface area contributed by atoms with Crippen molar-refractivity contribution >= 4 is 17.5 Å². The Morgan fingerprint density at radius 3 is 2.38 bits per heavy atom. The summed E-state index contributed by atoms with van der Waals surface area (Å²) < 4.78 is 1.06. The largest absolute Gasteiger partial charge is 0.505 e. The molecule has 0 saturated heterocycles. The first-order valence-electron chi connectivity index (χ1n) is 11.1. The first-order valence-corrected chi connectivity index (χ1v) is 11.1. The lowest BCUT2D eigenvalue weighted by molar-refractivity contribution is 0.0948. The van der Waals surface area contributed by atoms with E-state index in [0.717, 1.165) is 35.9 Å². The van der Waals surface area contributed by atoms with Crippen molar-refractivity contribution in [1.29, 1.82) is 0 Å². The third-order valence-electron chi connectivity index (χ3n) is 5.39. The number of amides is 2. The van der Waals surface area contributed by atoms with Crippen LogP contribution in [0.2, 0.25) is 0 Å². The summed E-state index contributed by atoms with van der Waals surface area (Å²) in [6, 6.07) is 14.4. The summed E-state index contributed by atoms with van der Waals surface area (Å²) >= 11 is 0. The Bertz CT molecular complexity index is 1220. The van der Waals surface area contributed by atoms with E-state index in [1.165, 1.54) is 0 Å². The van der Waals surface area contributed by atoms with Crippen LogP contribution < -0.4 is 16.2 Å². The molecule has 34 heavy (non-hydrogen) atoms. The SMILES string of the molecule is CCN(CC)CCNC(=O)c1ccc(NC(=O)c2nn(-c3cccc(C)c3)c(=O)cc2O)cc1. The summed E-state index contributed by atoms with van der Waals surface area (Å²) in [5.74, 6) is -1.40. The van der Waals surface area contributed by atoms with Gasteiger partial charge in [0.1, 0.15) is 0 Å². The van der Waals surface area contributed by atoms with Gasteiger partial charge in [-0.1, -0.05) is 26.0 Å². The van der Waals surface area contributed by atoms with Gasteiger partial charge in [0.15, 0.2) is 11.4 Å². The highest BCUT2D eigenvalue weighted by Crippen LogP contribution is 2.17. The molecule has 1 heterocycles. The minimum absolute atomic E-state index is 0.199. The van der Waals surface area contributed by atoms with Gasteiger partial charge < -0.3 is 20.6 Å². The summed E-state index contributed by atoms with van der Waals surface area (Å²) in [7, 11) is 0. The van der Waals surface area contributed by atoms with Crippen molar-refractivity contribution in [3.05, 3.63) is 81.8 Å². The number of carbonyl (C=O) groups is 2. The van der Waals surface area contributed by atoms with Gasteiger partial charge in [-0.05, 0) is 62.0 Å². The lowest BCUT2D eigenvalue weighted by atomic mass is 10.2. The third kappa shape index (κ3) is 6.08. The van der Waals surface area contributed by atoms with Gasteiger partial charge in [0, 0.05) is 30.4 Å². The van der Waals surface area contributed by atoms with E-state index in [4.69, 9.17) is 0 Å². The summed E-state index contributed by atoms with van der Waals surface area (Å²) in [6.45, 7) is 9.18. The van der Waals surface area contributed by atoms with E-state index in [-0.39, 0.29) is 11.6 Å². The normalized spacial score (nSPS) is 10.8. The predicted octanol–water partition coefficient (Wildman–Crippen LogP) is 2.57. The van der Waals surface area contributed by atoms with Gasteiger partial charge in [0.25, 0.3) is 17.4 Å². The van der Waals surface area contributed by atoms with Crippen molar-refractivity contribution < 1.29 is 14.7 Å². The molecule has 0 spiro atoms. The Morgan fingerprint density at radius 1 is 1.03 bits per heavy atom. The second kappa shape index (κ2) is 11.2. The molecule has 0 fully saturated rings. The van der Waals surface area contributed by atoms with E-state index in [1.54, 1.807) is 42.5 Å². The molecule has 0 aliphatic carbocycles. The number of carbonyl (C=O) groups excluding carboxylic acids is 2. The predicted molar refractivity (Wildman–Crippen MR) is 131 cm³/mol. The molecule has 2 aromatic carbocycles. The van der Waals surface area contributed by atoms with Crippen LogP contribution in [0.4, 0.5) is 5.69 Å². The zero-order valence-electron chi connectivity index (χ0n) is 19.5. The van der Waals surface area contributed by atoms with Gasteiger partial charge in [-0.3, -0.25) is 14.4 Å². The van der Waals surface area contributed by atoms with E-state index in [9.17, 15) is 19.5 Å². The number of anilines is 1. The summed E-state index contributed by atoms with van der Waals surface area (Å²) in [5.41, 5.74) is 1.43. The van der Waals surface area contributed by atoms with Crippen LogP contribution in [0, 0.1) is 6.92 Å². The minimum Gasteiger partial charge on any atom is -0.505 e. The number of aryl methyl sites for hydroxylation is 1. The fourth-order valence-corrected chi connectivity index (χ4v) is 3.42. The topological polar surface area (TPSA) is 117 Å². The van der Waals surface area contributed by atoms with Crippen molar-refractivity contribution in [2.45, 2.75) is 20.8 Å². The van der Waals surface area contributed by atoms with E-state index in [2.05, 4.69) is 34.5 Å². The molecule has 0 atom stereocenters. The van der Waals surface area contributed by atoms with E-state index in [1.807, 2.05) is 13.0 Å². The highest BCUT2D eigenvalue weighted by Gasteiger charge is 2.17. The van der Waals surface area contributed by atoms with Crippen molar-refractivity contribution in [1.82, 2.24) is 20.0 Å². The molecule has 9 heteroatoms. The van der Waals surface area contributed by atoms with E-state index in [0.29, 0.717) is 23.5 Å². The number of hydrogen-bond acceptors (Lipinski definition) is 6. The molecule has 0 bridgehead atoms. The highest BCUT2D eigenvalue weighted by atomic mass is 16.3. The van der Waals surface area contributed by atoms with Gasteiger partial charge >= 0.3 is 0 Å². The van der Waals surface area contributed by atoms with Gasteiger partial charge in [-0.2, -0.15) is 9.78 Å². The number of benzene rings is 2. The molecule has 3 aromatic rings. The molecule has 0 saturated carbocycles.